The highest BCUT2D eigenvalue weighted by atomic mass is 79.9. The second kappa shape index (κ2) is 8.28. The number of rotatable bonds is 6. The van der Waals surface area contributed by atoms with Gasteiger partial charge in [0.15, 0.2) is 18.2 Å². The van der Waals surface area contributed by atoms with Crippen LogP contribution < -0.4 is 14.9 Å². The molecule has 0 atom stereocenters. The van der Waals surface area contributed by atoms with Crippen LogP contribution >= 0.6 is 15.9 Å². The minimum absolute atomic E-state index is 0.0142. The highest BCUT2D eigenvalue weighted by molar-refractivity contribution is 9.10. The van der Waals surface area contributed by atoms with Crippen molar-refractivity contribution in [1.29, 1.82) is 0 Å². The number of carbonyl (C=O) groups excluding carboxylic acids is 1. The third-order valence-corrected chi connectivity index (χ3v) is 3.27. The molecule has 0 aliphatic heterocycles. The zero-order valence-electron chi connectivity index (χ0n) is 12.3. The van der Waals surface area contributed by atoms with E-state index in [0.29, 0.717) is 11.3 Å². The lowest BCUT2D eigenvalue weighted by Gasteiger charge is -2.06. The van der Waals surface area contributed by atoms with Crippen molar-refractivity contribution in [3.05, 3.63) is 58.3 Å². The number of nitrogens with zero attached hydrogens (tertiary/aromatic N) is 1. The van der Waals surface area contributed by atoms with Gasteiger partial charge in [-0.25, -0.2) is 9.82 Å². The van der Waals surface area contributed by atoms with Gasteiger partial charge in [-0.3, -0.25) is 4.79 Å². The van der Waals surface area contributed by atoms with Crippen molar-refractivity contribution in [3.8, 4) is 11.5 Å². The summed E-state index contributed by atoms with van der Waals surface area (Å²) in [7, 11) is 1.54. The first kappa shape index (κ1) is 17.0. The number of methoxy groups -OCH3 is 1. The van der Waals surface area contributed by atoms with Gasteiger partial charge in [0, 0.05) is 10.0 Å². The summed E-state index contributed by atoms with van der Waals surface area (Å²) >= 11 is 3.34. The van der Waals surface area contributed by atoms with E-state index in [1.807, 2.05) is 6.07 Å². The zero-order chi connectivity index (χ0) is 16.7. The molecule has 23 heavy (non-hydrogen) atoms. The third-order valence-electron chi connectivity index (χ3n) is 2.78. The Morgan fingerprint density at radius 2 is 2.09 bits per heavy atom. The van der Waals surface area contributed by atoms with Crippen LogP contribution in [0.3, 0.4) is 0 Å². The molecule has 0 aliphatic carbocycles. The number of carbonyl (C=O) groups is 1. The van der Waals surface area contributed by atoms with E-state index in [0.717, 1.165) is 4.47 Å². The molecule has 2 rings (SSSR count). The molecular weight excluding hydrogens is 367 g/mol. The maximum Gasteiger partial charge on any atom is 0.277 e. The normalized spacial score (nSPS) is 10.6. The number of amides is 1. The maximum absolute atomic E-state index is 13.3. The van der Waals surface area contributed by atoms with Gasteiger partial charge in [0.05, 0.1) is 13.3 Å². The number of para-hydroxylation sites is 1. The average molecular weight is 381 g/mol. The number of ether oxygens (including phenoxy) is 2. The van der Waals surface area contributed by atoms with Crippen LogP contribution in [0.5, 0.6) is 11.5 Å². The van der Waals surface area contributed by atoms with Crippen LogP contribution in [0.4, 0.5) is 4.39 Å². The summed E-state index contributed by atoms with van der Waals surface area (Å²) in [5, 5.41) is 3.83. The van der Waals surface area contributed by atoms with Gasteiger partial charge >= 0.3 is 0 Å². The van der Waals surface area contributed by atoms with E-state index in [9.17, 15) is 9.18 Å². The van der Waals surface area contributed by atoms with Crippen molar-refractivity contribution in [2.24, 2.45) is 5.10 Å². The largest absolute Gasteiger partial charge is 0.496 e. The molecule has 0 bridgehead atoms. The molecule has 0 aliphatic rings. The van der Waals surface area contributed by atoms with Crippen LogP contribution in [0.15, 0.2) is 52.0 Å². The Labute approximate surface area is 141 Å². The fourth-order valence-corrected chi connectivity index (χ4v) is 2.10. The molecule has 0 spiro atoms. The summed E-state index contributed by atoms with van der Waals surface area (Å²) in [5.41, 5.74) is 3.00. The summed E-state index contributed by atoms with van der Waals surface area (Å²) in [6, 6.07) is 11.3. The number of hydrogen-bond acceptors (Lipinski definition) is 4. The van der Waals surface area contributed by atoms with Crippen molar-refractivity contribution >= 4 is 28.1 Å². The Hall–Kier alpha value is -2.41. The van der Waals surface area contributed by atoms with Gasteiger partial charge in [0.2, 0.25) is 0 Å². The number of hydrogen-bond donors (Lipinski definition) is 1. The summed E-state index contributed by atoms with van der Waals surface area (Å²) in [5.74, 6) is -0.393. The molecule has 0 fully saturated rings. The summed E-state index contributed by atoms with van der Waals surface area (Å²) in [4.78, 5) is 11.6. The molecular formula is C16H14BrFN2O3. The van der Waals surface area contributed by atoms with Gasteiger partial charge in [-0.2, -0.15) is 5.10 Å². The van der Waals surface area contributed by atoms with E-state index < -0.39 is 11.7 Å². The van der Waals surface area contributed by atoms with Crippen LogP contribution in [0.1, 0.15) is 5.56 Å². The van der Waals surface area contributed by atoms with Gasteiger partial charge in [0.25, 0.3) is 5.91 Å². The standard InChI is InChI=1S/C16H14BrFN2O3/c1-22-14-7-6-12(17)8-11(14)9-19-20-16(21)10-23-15-5-3-2-4-13(15)18/h2-9H,10H2,1H3,(H,20,21)/b19-9+. The first-order valence-electron chi connectivity index (χ1n) is 6.63. The topological polar surface area (TPSA) is 59.9 Å². The van der Waals surface area contributed by atoms with E-state index in [4.69, 9.17) is 9.47 Å². The molecule has 5 nitrogen and oxygen atoms in total. The van der Waals surface area contributed by atoms with Crippen molar-refractivity contribution in [2.45, 2.75) is 0 Å². The van der Waals surface area contributed by atoms with Crippen molar-refractivity contribution in [2.75, 3.05) is 13.7 Å². The molecule has 0 aromatic heterocycles. The first-order chi connectivity index (χ1) is 11.1. The average Bonchev–Trinajstić information content (AvgIpc) is 2.54. The van der Waals surface area contributed by atoms with Gasteiger partial charge in [-0.15, -0.1) is 0 Å². The lowest BCUT2D eigenvalue weighted by molar-refractivity contribution is -0.123. The first-order valence-corrected chi connectivity index (χ1v) is 7.42. The highest BCUT2D eigenvalue weighted by Crippen LogP contribution is 2.21. The molecule has 2 aromatic rings. The fourth-order valence-electron chi connectivity index (χ4n) is 1.72. The SMILES string of the molecule is COc1ccc(Br)cc1/C=N/NC(=O)COc1ccccc1F. The smallest absolute Gasteiger partial charge is 0.277 e. The highest BCUT2D eigenvalue weighted by Gasteiger charge is 2.05. The van der Waals surface area contributed by atoms with Gasteiger partial charge in [0.1, 0.15) is 5.75 Å². The molecule has 7 heteroatoms. The summed E-state index contributed by atoms with van der Waals surface area (Å²) < 4.78 is 24.4. The van der Waals surface area contributed by atoms with Gasteiger partial charge in [-0.05, 0) is 30.3 Å². The van der Waals surface area contributed by atoms with E-state index >= 15 is 0 Å². The molecule has 0 saturated heterocycles. The molecule has 1 N–H and O–H groups in total. The number of halogens is 2. The second-order valence-corrected chi connectivity index (χ2v) is 5.31. The molecule has 0 heterocycles. The Bertz CT molecular complexity index is 722. The second-order valence-electron chi connectivity index (χ2n) is 4.40. The predicted molar refractivity (Wildman–Crippen MR) is 88.3 cm³/mol. The quantitative estimate of drug-likeness (QED) is 0.618. The Morgan fingerprint density at radius 3 is 2.83 bits per heavy atom. The third kappa shape index (κ3) is 5.07. The van der Waals surface area contributed by atoms with Crippen molar-refractivity contribution in [1.82, 2.24) is 5.43 Å². The van der Waals surface area contributed by atoms with Gasteiger partial charge < -0.3 is 9.47 Å². The van der Waals surface area contributed by atoms with E-state index in [1.165, 1.54) is 24.4 Å². The maximum atomic E-state index is 13.3. The van der Waals surface area contributed by atoms with Crippen LogP contribution in [0.2, 0.25) is 0 Å². The Morgan fingerprint density at radius 1 is 1.30 bits per heavy atom. The van der Waals surface area contributed by atoms with E-state index in [2.05, 4.69) is 26.5 Å². The lowest BCUT2D eigenvalue weighted by Crippen LogP contribution is -2.24. The zero-order valence-corrected chi connectivity index (χ0v) is 13.8. The molecule has 120 valence electrons. The van der Waals surface area contributed by atoms with Crippen LogP contribution in [0, 0.1) is 5.82 Å². The number of benzene rings is 2. The van der Waals surface area contributed by atoms with Crippen molar-refractivity contribution in [3.63, 3.8) is 0 Å². The number of nitrogens with one attached hydrogen (secondary N) is 1. The molecule has 2 aromatic carbocycles. The molecule has 0 saturated carbocycles. The molecule has 0 radical (unpaired) electrons. The predicted octanol–water partition coefficient (Wildman–Crippen LogP) is 3.13. The van der Waals surface area contributed by atoms with E-state index in [1.54, 1.807) is 25.3 Å². The van der Waals surface area contributed by atoms with Crippen LogP contribution in [-0.4, -0.2) is 25.8 Å². The monoisotopic (exact) mass is 380 g/mol. The molecule has 0 unspecified atom stereocenters. The van der Waals surface area contributed by atoms with Crippen molar-refractivity contribution < 1.29 is 18.7 Å². The minimum atomic E-state index is -0.525. The Kier molecular flexibility index (Phi) is 6.10. The number of hydrazone groups is 1. The lowest BCUT2D eigenvalue weighted by atomic mass is 10.2. The van der Waals surface area contributed by atoms with Crippen LogP contribution in [0.25, 0.3) is 0 Å². The van der Waals surface area contributed by atoms with Gasteiger partial charge in [-0.1, -0.05) is 28.1 Å². The van der Waals surface area contributed by atoms with Crippen LogP contribution in [-0.2, 0) is 4.79 Å². The summed E-state index contributed by atoms with van der Waals surface area (Å²) in [6.45, 7) is -0.339. The van der Waals surface area contributed by atoms with E-state index in [-0.39, 0.29) is 12.4 Å². The minimum Gasteiger partial charge on any atom is -0.496 e. The fraction of sp³-hybridized carbons (Fsp3) is 0.125. The molecule has 1 amide bonds. The summed E-state index contributed by atoms with van der Waals surface area (Å²) in [6.07, 6.45) is 1.45. The Balaban J connectivity index is 1.89.